The van der Waals surface area contributed by atoms with Gasteiger partial charge in [0.05, 0.1) is 19.4 Å². The molecule has 1 heterocycles. The molecule has 0 fully saturated rings. The van der Waals surface area contributed by atoms with Crippen molar-refractivity contribution in [2.45, 2.75) is 12.8 Å². The predicted molar refractivity (Wildman–Crippen MR) is 78.3 cm³/mol. The summed E-state index contributed by atoms with van der Waals surface area (Å²) in [5.41, 5.74) is 4.88. The monoisotopic (exact) mass is 273 g/mol. The molecular weight excluding hydrogens is 254 g/mol. The van der Waals surface area contributed by atoms with Gasteiger partial charge in [-0.3, -0.25) is 5.10 Å². The van der Waals surface area contributed by atoms with Gasteiger partial charge in [-0.05, 0) is 30.5 Å². The summed E-state index contributed by atoms with van der Waals surface area (Å²) in [6, 6.07) is 6.22. The van der Waals surface area contributed by atoms with Crippen LogP contribution in [0.5, 0.6) is 5.75 Å². The number of ether oxygens (including phenoxy) is 2. The second kappa shape index (κ2) is 5.54. The van der Waals surface area contributed by atoms with E-state index in [1.807, 2.05) is 6.07 Å². The van der Waals surface area contributed by atoms with E-state index in [-0.39, 0.29) is 0 Å². The lowest BCUT2D eigenvalue weighted by Crippen LogP contribution is -2.10. The quantitative estimate of drug-likeness (QED) is 0.820. The van der Waals surface area contributed by atoms with E-state index in [2.05, 4.69) is 27.6 Å². The van der Waals surface area contributed by atoms with Crippen LogP contribution in [0, 0.1) is 0 Å². The Kier molecular flexibility index (Phi) is 3.60. The third-order valence-corrected chi connectivity index (χ3v) is 3.70. The summed E-state index contributed by atoms with van der Waals surface area (Å²) in [6.45, 7) is 1.44. The van der Waals surface area contributed by atoms with Crippen molar-refractivity contribution >= 4 is 5.82 Å². The van der Waals surface area contributed by atoms with Crippen LogP contribution in [0.3, 0.4) is 0 Å². The Morgan fingerprint density at radius 2 is 2.20 bits per heavy atom. The number of anilines is 1. The molecule has 0 saturated carbocycles. The Bertz CT molecular complexity index is 607. The number of hydrogen-bond acceptors (Lipinski definition) is 4. The lowest BCUT2D eigenvalue weighted by atomic mass is 9.90. The third kappa shape index (κ3) is 2.25. The van der Waals surface area contributed by atoms with Crippen molar-refractivity contribution in [2.75, 3.05) is 32.7 Å². The maximum Gasteiger partial charge on any atom is 0.151 e. The highest BCUT2D eigenvalue weighted by Gasteiger charge is 2.22. The smallest absolute Gasteiger partial charge is 0.151 e. The van der Waals surface area contributed by atoms with Crippen LogP contribution in [0.2, 0.25) is 0 Å². The van der Waals surface area contributed by atoms with E-state index in [1.54, 1.807) is 14.2 Å². The fourth-order valence-electron chi connectivity index (χ4n) is 2.64. The zero-order valence-electron chi connectivity index (χ0n) is 11.8. The first-order valence-electron chi connectivity index (χ1n) is 6.81. The molecule has 0 unspecified atom stereocenters. The van der Waals surface area contributed by atoms with E-state index in [4.69, 9.17) is 9.47 Å². The molecule has 5 nitrogen and oxygen atoms in total. The standard InChI is InChI=1S/C15H19N3O2/c1-19-8-7-16-15-12-6-4-10-3-5-11(20-2)9-13(10)14(12)17-18-15/h3,5,9H,4,6-8H2,1-2H3,(H2,16,17,18). The summed E-state index contributed by atoms with van der Waals surface area (Å²) in [4.78, 5) is 0. The zero-order chi connectivity index (χ0) is 13.9. The van der Waals surface area contributed by atoms with Crippen LogP contribution < -0.4 is 10.1 Å². The Morgan fingerprint density at radius 3 is 3.00 bits per heavy atom. The van der Waals surface area contributed by atoms with Crippen molar-refractivity contribution in [3.05, 3.63) is 29.3 Å². The van der Waals surface area contributed by atoms with Crippen molar-refractivity contribution in [1.29, 1.82) is 0 Å². The van der Waals surface area contributed by atoms with Crippen LogP contribution in [-0.2, 0) is 17.6 Å². The lowest BCUT2D eigenvalue weighted by Gasteiger charge is -2.17. The van der Waals surface area contributed by atoms with Crippen LogP contribution in [0.1, 0.15) is 11.1 Å². The molecule has 2 N–H and O–H groups in total. The van der Waals surface area contributed by atoms with E-state index >= 15 is 0 Å². The highest BCUT2D eigenvalue weighted by molar-refractivity contribution is 5.75. The fourth-order valence-corrected chi connectivity index (χ4v) is 2.64. The number of benzene rings is 1. The molecule has 0 radical (unpaired) electrons. The number of hydrogen-bond donors (Lipinski definition) is 2. The Balaban J connectivity index is 1.92. The maximum absolute atomic E-state index is 5.32. The predicted octanol–water partition coefficient (Wildman–Crippen LogP) is 2.24. The van der Waals surface area contributed by atoms with Crippen LogP contribution in [-0.4, -0.2) is 37.6 Å². The number of rotatable bonds is 5. The third-order valence-electron chi connectivity index (χ3n) is 3.70. The average molecular weight is 273 g/mol. The van der Waals surface area contributed by atoms with E-state index in [1.165, 1.54) is 16.7 Å². The van der Waals surface area contributed by atoms with Gasteiger partial charge in [0, 0.05) is 24.8 Å². The van der Waals surface area contributed by atoms with Gasteiger partial charge in [-0.2, -0.15) is 5.10 Å². The average Bonchev–Trinajstić information content (AvgIpc) is 2.90. The van der Waals surface area contributed by atoms with Crippen LogP contribution in [0.25, 0.3) is 11.3 Å². The lowest BCUT2D eigenvalue weighted by molar-refractivity contribution is 0.210. The maximum atomic E-state index is 5.32. The van der Waals surface area contributed by atoms with E-state index in [0.29, 0.717) is 6.61 Å². The van der Waals surface area contributed by atoms with Gasteiger partial charge >= 0.3 is 0 Å². The van der Waals surface area contributed by atoms with E-state index in [9.17, 15) is 0 Å². The number of methoxy groups -OCH3 is 2. The first-order valence-corrected chi connectivity index (χ1v) is 6.81. The van der Waals surface area contributed by atoms with Gasteiger partial charge in [-0.1, -0.05) is 6.07 Å². The minimum Gasteiger partial charge on any atom is -0.497 e. The van der Waals surface area contributed by atoms with Crippen LogP contribution in [0.4, 0.5) is 5.82 Å². The fraction of sp³-hybridized carbons (Fsp3) is 0.400. The second-order valence-electron chi connectivity index (χ2n) is 4.87. The molecule has 5 heteroatoms. The number of nitrogens with one attached hydrogen (secondary N) is 2. The summed E-state index contributed by atoms with van der Waals surface area (Å²) < 4.78 is 10.4. The molecular formula is C15H19N3O2. The number of aryl methyl sites for hydroxylation is 1. The van der Waals surface area contributed by atoms with E-state index < -0.39 is 0 Å². The van der Waals surface area contributed by atoms with Crippen molar-refractivity contribution < 1.29 is 9.47 Å². The first-order chi connectivity index (χ1) is 9.83. The summed E-state index contributed by atoms with van der Waals surface area (Å²) >= 11 is 0. The molecule has 0 bridgehead atoms. The van der Waals surface area contributed by atoms with Gasteiger partial charge in [0.2, 0.25) is 0 Å². The number of aromatic amines is 1. The van der Waals surface area contributed by atoms with Gasteiger partial charge in [-0.25, -0.2) is 0 Å². The van der Waals surface area contributed by atoms with Gasteiger partial charge in [0.15, 0.2) is 5.82 Å². The molecule has 1 aromatic heterocycles. The number of fused-ring (bicyclic) bond motifs is 3. The highest BCUT2D eigenvalue weighted by Crippen LogP contribution is 2.37. The molecule has 1 aromatic carbocycles. The summed E-state index contributed by atoms with van der Waals surface area (Å²) in [5.74, 6) is 1.81. The Hall–Kier alpha value is -2.01. The zero-order valence-corrected chi connectivity index (χ0v) is 11.8. The molecule has 3 rings (SSSR count). The second-order valence-corrected chi connectivity index (χ2v) is 4.87. The molecule has 0 atom stereocenters. The largest absolute Gasteiger partial charge is 0.497 e. The van der Waals surface area contributed by atoms with E-state index in [0.717, 1.165) is 36.6 Å². The number of H-pyrrole nitrogens is 1. The molecule has 2 aromatic rings. The van der Waals surface area contributed by atoms with Crippen molar-refractivity contribution in [1.82, 2.24) is 10.2 Å². The molecule has 0 saturated heterocycles. The Morgan fingerprint density at radius 1 is 1.30 bits per heavy atom. The van der Waals surface area contributed by atoms with Crippen LogP contribution >= 0.6 is 0 Å². The minimum atomic E-state index is 0.673. The Labute approximate surface area is 118 Å². The van der Waals surface area contributed by atoms with Gasteiger partial charge in [0.1, 0.15) is 5.75 Å². The molecule has 1 aliphatic rings. The number of nitrogens with zero attached hydrogens (tertiary/aromatic N) is 1. The van der Waals surface area contributed by atoms with Crippen molar-refractivity contribution in [3.63, 3.8) is 0 Å². The topological polar surface area (TPSA) is 59.2 Å². The molecule has 0 amide bonds. The summed E-state index contributed by atoms with van der Waals surface area (Å²) in [6.07, 6.45) is 2.03. The first kappa shape index (κ1) is 13.0. The summed E-state index contributed by atoms with van der Waals surface area (Å²) in [7, 11) is 3.39. The summed E-state index contributed by atoms with van der Waals surface area (Å²) in [5, 5.41) is 10.9. The van der Waals surface area contributed by atoms with Gasteiger partial charge < -0.3 is 14.8 Å². The minimum absolute atomic E-state index is 0.673. The van der Waals surface area contributed by atoms with Gasteiger partial charge in [-0.15, -0.1) is 0 Å². The molecule has 0 spiro atoms. The SMILES string of the molecule is COCCNc1n[nH]c2c1CCc1ccc(OC)cc1-2. The van der Waals surface area contributed by atoms with Crippen molar-refractivity contribution in [3.8, 4) is 17.0 Å². The molecule has 0 aliphatic heterocycles. The molecule has 1 aliphatic carbocycles. The highest BCUT2D eigenvalue weighted by atomic mass is 16.5. The van der Waals surface area contributed by atoms with Crippen molar-refractivity contribution in [2.24, 2.45) is 0 Å². The van der Waals surface area contributed by atoms with Crippen LogP contribution in [0.15, 0.2) is 18.2 Å². The molecule has 106 valence electrons. The number of aromatic nitrogens is 2. The normalized spacial score (nSPS) is 12.7. The molecule has 20 heavy (non-hydrogen) atoms. The van der Waals surface area contributed by atoms with Gasteiger partial charge in [0.25, 0.3) is 0 Å².